The van der Waals surface area contributed by atoms with E-state index in [0.29, 0.717) is 0 Å². The third-order valence-corrected chi connectivity index (χ3v) is 2.22. The monoisotopic (exact) mass is 241 g/mol. The molecule has 0 aliphatic carbocycles. The first-order chi connectivity index (χ1) is 6.62. The number of nitrogens with zero attached hydrogens (tertiary/aromatic N) is 1. The Bertz CT molecular complexity index is 191. The van der Waals surface area contributed by atoms with E-state index in [4.69, 9.17) is 19.2 Å². The van der Waals surface area contributed by atoms with Crippen molar-refractivity contribution in [1.82, 2.24) is 0 Å². The van der Waals surface area contributed by atoms with Gasteiger partial charge in [0.2, 0.25) is 0 Å². The number of unbranched alkanes of at least 4 members (excludes halogenated alkanes) is 2. The Morgan fingerprint density at radius 1 is 1.13 bits per heavy atom. The van der Waals surface area contributed by atoms with Crippen LogP contribution in [0.2, 0.25) is 0 Å². The van der Waals surface area contributed by atoms with E-state index in [2.05, 4.69) is 27.9 Å². The van der Waals surface area contributed by atoms with Crippen LogP contribution in [0.5, 0.6) is 0 Å². The van der Waals surface area contributed by atoms with Gasteiger partial charge in [0.25, 0.3) is 0 Å². The summed E-state index contributed by atoms with van der Waals surface area (Å²) in [5.74, 6) is 0. The van der Waals surface area contributed by atoms with Crippen LogP contribution in [0.15, 0.2) is 0 Å². The van der Waals surface area contributed by atoms with Gasteiger partial charge in [-0.05, 0) is 19.8 Å². The molecular formula is C9H24NO4P. The van der Waals surface area contributed by atoms with Gasteiger partial charge in [-0.25, -0.2) is 0 Å². The Balaban J connectivity index is -0.000000105. The van der Waals surface area contributed by atoms with Crippen molar-refractivity contribution in [2.45, 2.75) is 33.1 Å². The summed E-state index contributed by atoms with van der Waals surface area (Å²) in [4.78, 5) is 25.6. The molecule has 0 amide bonds. The molecule has 0 heterocycles. The van der Waals surface area contributed by atoms with E-state index in [1.165, 1.54) is 36.8 Å². The predicted octanol–water partition coefficient (Wildman–Crippen LogP) is -0.327. The zero-order chi connectivity index (χ0) is 12.5. The normalized spacial score (nSPS) is 11.9. The predicted molar refractivity (Wildman–Crippen MR) is 56.9 cm³/mol. The first-order valence-electron chi connectivity index (χ1n) is 5.17. The number of phosphoric acid groups is 1. The van der Waals surface area contributed by atoms with Gasteiger partial charge >= 0.3 is 2.85 Å². The van der Waals surface area contributed by atoms with Crippen LogP contribution in [0.25, 0.3) is 0 Å². The lowest BCUT2D eigenvalue weighted by Crippen LogP contribution is -2.39. The molecule has 0 aromatic carbocycles. The highest BCUT2D eigenvalue weighted by Gasteiger charge is 2.09. The van der Waals surface area contributed by atoms with Crippen molar-refractivity contribution in [3.8, 4) is 0 Å². The highest BCUT2D eigenvalue weighted by molar-refractivity contribution is 7.40. The highest BCUT2D eigenvalue weighted by Crippen LogP contribution is 2.03. The van der Waals surface area contributed by atoms with Gasteiger partial charge in [-0.1, -0.05) is 13.3 Å². The minimum atomic E-state index is -5.39. The van der Waals surface area contributed by atoms with Crippen molar-refractivity contribution in [2.75, 3.05) is 27.2 Å². The second-order valence-electron chi connectivity index (χ2n) is 4.13. The lowest BCUT2D eigenvalue weighted by atomic mass is 10.2. The fourth-order valence-electron chi connectivity index (χ4n) is 0.948. The molecule has 0 atom stereocenters. The summed E-state index contributed by atoms with van der Waals surface area (Å²) < 4.78 is 9.73. The molecule has 0 aliphatic rings. The zero-order valence-electron chi connectivity index (χ0n) is 12.1. The van der Waals surface area contributed by atoms with E-state index in [9.17, 15) is 0 Å². The fourth-order valence-corrected chi connectivity index (χ4v) is 0.948. The smallest absolute Gasteiger partial charge is 0.822 e. The Morgan fingerprint density at radius 2 is 1.53 bits per heavy atom. The number of hydrogen-bond acceptors (Lipinski definition) is 4. The third kappa shape index (κ3) is 24.9. The Labute approximate surface area is 95.5 Å². The minimum absolute atomic E-state index is 0. The van der Waals surface area contributed by atoms with Crippen LogP contribution in [-0.4, -0.2) is 31.7 Å². The molecular weight excluding hydrogens is 217 g/mol. The lowest BCUT2D eigenvalue weighted by molar-refractivity contribution is -0.888. The molecule has 0 saturated heterocycles. The molecule has 0 fully saturated rings. The topological polar surface area (TPSA) is 86.2 Å². The van der Waals surface area contributed by atoms with E-state index in [1.54, 1.807) is 0 Å². The van der Waals surface area contributed by atoms with Crippen LogP contribution in [0, 0.1) is 0 Å². The second kappa shape index (κ2) is 8.25. The molecule has 0 rings (SSSR count). The van der Waals surface area contributed by atoms with E-state index >= 15 is 0 Å². The third-order valence-electron chi connectivity index (χ3n) is 2.22. The molecule has 0 aromatic heterocycles. The minimum Gasteiger partial charge on any atom is -0.822 e. The van der Waals surface area contributed by atoms with Crippen molar-refractivity contribution in [3.05, 3.63) is 0 Å². The number of hydrogen-bond donors (Lipinski definition) is 0. The van der Waals surface area contributed by atoms with Crippen LogP contribution in [0.3, 0.4) is 0 Å². The maximum atomic E-state index is 8.55. The zero-order valence-corrected chi connectivity index (χ0v) is 11.0. The SMILES string of the molecule is CCCCC[N+](C)(C)CC.O=P([O-])([O-])[O-].[H+].[H+]. The van der Waals surface area contributed by atoms with Gasteiger partial charge in [0.15, 0.2) is 0 Å². The molecule has 0 aromatic rings. The van der Waals surface area contributed by atoms with Gasteiger partial charge < -0.3 is 23.7 Å². The summed E-state index contributed by atoms with van der Waals surface area (Å²) in [5.41, 5.74) is 0. The summed E-state index contributed by atoms with van der Waals surface area (Å²) in [6.07, 6.45) is 4.11. The molecule has 0 saturated carbocycles. The highest BCUT2D eigenvalue weighted by atomic mass is 31.2. The van der Waals surface area contributed by atoms with Crippen molar-refractivity contribution in [2.24, 2.45) is 0 Å². The van der Waals surface area contributed by atoms with Gasteiger partial charge in [0.05, 0.1) is 27.2 Å². The molecule has 0 N–H and O–H groups in total. The molecule has 0 unspecified atom stereocenters. The lowest BCUT2D eigenvalue weighted by Gasteiger charge is -2.36. The molecule has 0 bridgehead atoms. The van der Waals surface area contributed by atoms with Gasteiger partial charge in [0.1, 0.15) is 0 Å². The second-order valence-corrected chi connectivity index (χ2v) is 5.02. The Hall–Kier alpha value is 0.0700. The van der Waals surface area contributed by atoms with E-state index < -0.39 is 7.82 Å². The molecule has 6 heteroatoms. The van der Waals surface area contributed by atoms with E-state index in [0.717, 1.165) is 0 Å². The molecule has 5 nitrogen and oxygen atoms in total. The molecule has 0 radical (unpaired) electrons. The summed E-state index contributed by atoms with van der Waals surface area (Å²) in [6, 6.07) is 0. The number of quaternary nitrogens is 1. The van der Waals surface area contributed by atoms with Gasteiger partial charge in [-0.3, -0.25) is 0 Å². The van der Waals surface area contributed by atoms with E-state index in [1.807, 2.05) is 0 Å². The first kappa shape index (κ1) is 17.5. The molecule has 15 heavy (non-hydrogen) atoms. The standard InChI is InChI=1S/C9H22N.H3O4P/c1-5-7-8-9-10(3,4)6-2;1-5(2,3)4/h5-9H2,1-4H3;(H3,1,2,3,4)/q+1;/p-1. The van der Waals surface area contributed by atoms with Gasteiger partial charge in [0, 0.05) is 0 Å². The molecule has 0 spiro atoms. The maximum absolute atomic E-state index is 8.55. The van der Waals surface area contributed by atoms with Crippen LogP contribution in [-0.2, 0) is 4.57 Å². The number of rotatable bonds is 5. The van der Waals surface area contributed by atoms with Gasteiger partial charge in [-0.2, -0.15) is 7.82 Å². The Kier molecular flexibility index (Phi) is 9.60. The van der Waals surface area contributed by atoms with E-state index in [-0.39, 0.29) is 2.85 Å². The quantitative estimate of drug-likeness (QED) is 0.375. The molecule has 0 aliphatic heterocycles. The average molecular weight is 241 g/mol. The summed E-state index contributed by atoms with van der Waals surface area (Å²) in [5, 5.41) is 0. The van der Waals surface area contributed by atoms with Crippen LogP contribution < -0.4 is 14.7 Å². The van der Waals surface area contributed by atoms with Crippen molar-refractivity contribution in [1.29, 1.82) is 0 Å². The maximum Gasteiger partial charge on any atom is 1.00 e. The summed E-state index contributed by atoms with van der Waals surface area (Å²) in [7, 11) is -0.786. The summed E-state index contributed by atoms with van der Waals surface area (Å²) in [6.45, 7) is 7.10. The van der Waals surface area contributed by atoms with Crippen LogP contribution in [0.4, 0.5) is 0 Å². The van der Waals surface area contributed by atoms with Crippen molar-refractivity contribution in [3.63, 3.8) is 0 Å². The van der Waals surface area contributed by atoms with Crippen LogP contribution in [0.1, 0.15) is 36.0 Å². The van der Waals surface area contributed by atoms with Gasteiger partial charge in [-0.15, -0.1) is 0 Å². The summed E-state index contributed by atoms with van der Waals surface area (Å²) >= 11 is 0. The fraction of sp³-hybridized carbons (Fsp3) is 1.00. The Morgan fingerprint density at radius 3 is 1.80 bits per heavy atom. The first-order valence-corrected chi connectivity index (χ1v) is 6.63. The van der Waals surface area contributed by atoms with Crippen molar-refractivity contribution >= 4 is 7.82 Å². The average Bonchev–Trinajstić information content (AvgIpc) is 2.02. The van der Waals surface area contributed by atoms with Crippen LogP contribution >= 0.6 is 7.82 Å². The molecule has 94 valence electrons. The largest absolute Gasteiger partial charge is 1.00 e. The van der Waals surface area contributed by atoms with Crippen molar-refractivity contribution < 1.29 is 26.6 Å².